The number of ether oxygens (including phenoxy) is 2. The van der Waals surface area contributed by atoms with Gasteiger partial charge in [-0.3, -0.25) is 9.59 Å². The molecule has 210 valence electrons. The highest BCUT2D eigenvalue weighted by molar-refractivity contribution is 7.89. The van der Waals surface area contributed by atoms with Crippen molar-refractivity contribution in [3.05, 3.63) is 120 Å². The fourth-order valence-corrected chi connectivity index (χ4v) is 5.70. The lowest BCUT2D eigenvalue weighted by Gasteiger charge is -2.34. The molecule has 0 unspecified atom stereocenters. The average molecular weight is 572 g/mol. The first-order valence-corrected chi connectivity index (χ1v) is 14.4. The van der Waals surface area contributed by atoms with Gasteiger partial charge in [-0.05, 0) is 41.5 Å². The lowest BCUT2D eigenvalue weighted by Crippen LogP contribution is -2.50. The number of sulfonamides is 1. The first-order valence-electron chi connectivity index (χ1n) is 13.0. The predicted molar refractivity (Wildman–Crippen MR) is 154 cm³/mol. The molecule has 10 heteroatoms. The lowest BCUT2D eigenvalue weighted by atomic mass is 10.1. The first-order chi connectivity index (χ1) is 19.9. The topological polar surface area (TPSA) is 114 Å². The maximum absolute atomic E-state index is 13.9. The maximum atomic E-state index is 13.9. The monoisotopic (exact) mass is 571 g/mol. The number of fused-ring (bicyclic) bond motifs is 1. The fourth-order valence-electron chi connectivity index (χ4n) is 4.49. The molecule has 0 aliphatic carbocycles. The summed E-state index contributed by atoms with van der Waals surface area (Å²) in [6, 6.07) is 29.7. The molecule has 41 heavy (non-hydrogen) atoms. The van der Waals surface area contributed by atoms with Crippen LogP contribution < -0.4 is 24.4 Å². The van der Waals surface area contributed by atoms with Crippen LogP contribution in [0.3, 0.4) is 0 Å². The Morgan fingerprint density at radius 3 is 2.20 bits per heavy atom. The van der Waals surface area contributed by atoms with Crippen molar-refractivity contribution in [2.24, 2.45) is 0 Å². The minimum atomic E-state index is -4.04. The van der Waals surface area contributed by atoms with E-state index in [0.717, 1.165) is 11.1 Å². The van der Waals surface area contributed by atoms with Gasteiger partial charge in [0.15, 0.2) is 6.10 Å². The van der Waals surface area contributed by atoms with E-state index in [1.54, 1.807) is 24.3 Å². The average Bonchev–Trinajstić information content (AvgIpc) is 3.02. The van der Waals surface area contributed by atoms with E-state index in [1.807, 2.05) is 60.7 Å². The van der Waals surface area contributed by atoms with Crippen LogP contribution >= 0.6 is 0 Å². The zero-order valence-corrected chi connectivity index (χ0v) is 23.1. The minimum Gasteiger partial charge on any atom is -0.495 e. The number of hydrogen-bond donors (Lipinski definition) is 2. The number of amides is 2. The number of benzene rings is 4. The highest BCUT2D eigenvalue weighted by atomic mass is 32.2. The lowest BCUT2D eigenvalue weighted by molar-refractivity contribution is -0.128. The molecule has 0 fully saturated rings. The van der Waals surface area contributed by atoms with E-state index in [4.69, 9.17) is 9.47 Å². The largest absolute Gasteiger partial charge is 0.495 e. The van der Waals surface area contributed by atoms with Gasteiger partial charge in [-0.1, -0.05) is 72.8 Å². The van der Waals surface area contributed by atoms with Crippen molar-refractivity contribution in [1.29, 1.82) is 0 Å². The molecule has 1 atom stereocenters. The summed E-state index contributed by atoms with van der Waals surface area (Å²) in [7, 11) is -2.68. The molecule has 4 aromatic rings. The van der Waals surface area contributed by atoms with E-state index in [2.05, 4.69) is 10.0 Å². The molecule has 1 heterocycles. The maximum Gasteiger partial charge on any atom is 0.263 e. The molecular formula is C31H29N3O6S. The summed E-state index contributed by atoms with van der Waals surface area (Å²) in [4.78, 5) is 28.2. The van der Waals surface area contributed by atoms with Gasteiger partial charge in [0.25, 0.3) is 11.8 Å². The van der Waals surface area contributed by atoms with Gasteiger partial charge in [-0.25, -0.2) is 13.1 Å². The summed E-state index contributed by atoms with van der Waals surface area (Å²) in [5.74, 6) is -0.381. The Balaban J connectivity index is 1.39. The van der Waals surface area contributed by atoms with E-state index in [-0.39, 0.29) is 35.2 Å². The van der Waals surface area contributed by atoms with Crippen LogP contribution in [0.4, 0.5) is 5.69 Å². The van der Waals surface area contributed by atoms with Gasteiger partial charge in [-0.2, -0.15) is 0 Å². The number of para-hydroxylation sites is 2. The van der Waals surface area contributed by atoms with Crippen LogP contribution in [0.1, 0.15) is 21.5 Å². The minimum absolute atomic E-state index is 0.0587. The van der Waals surface area contributed by atoms with Crippen LogP contribution in [-0.4, -0.2) is 40.0 Å². The molecule has 0 saturated carbocycles. The third-order valence-corrected chi connectivity index (χ3v) is 8.05. The number of rotatable bonds is 9. The van der Waals surface area contributed by atoms with Gasteiger partial charge in [0.2, 0.25) is 10.0 Å². The quantitative estimate of drug-likeness (QED) is 0.315. The van der Waals surface area contributed by atoms with Crippen molar-refractivity contribution >= 4 is 27.5 Å². The van der Waals surface area contributed by atoms with E-state index < -0.39 is 22.0 Å². The molecule has 2 amide bonds. The van der Waals surface area contributed by atoms with Gasteiger partial charge in [0.1, 0.15) is 16.4 Å². The van der Waals surface area contributed by atoms with E-state index in [9.17, 15) is 18.0 Å². The summed E-state index contributed by atoms with van der Waals surface area (Å²) >= 11 is 0. The van der Waals surface area contributed by atoms with Crippen molar-refractivity contribution in [3.8, 4) is 11.5 Å². The van der Waals surface area contributed by atoms with Gasteiger partial charge in [0.05, 0.1) is 19.3 Å². The number of nitrogens with one attached hydrogen (secondary N) is 2. The molecule has 5 rings (SSSR count). The Kier molecular flexibility index (Phi) is 8.32. The molecule has 0 spiro atoms. The second kappa shape index (κ2) is 12.2. The zero-order valence-electron chi connectivity index (χ0n) is 22.3. The SMILES string of the molecule is COc1ccc(C(=O)N2C[C@@H](C(=O)NCc3ccccc3)Oc3ccccc32)cc1S(=O)(=O)NCc1ccccc1. The number of nitrogens with zero attached hydrogens (tertiary/aromatic N) is 1. The predicted octanol–water partition coefficient (Wildman–Crippen LogP) is 3.90. The normalized spacial score (nSPS) is 14.5. The summed E-state index contributed by atoms with van der Waals surface area (Å²) in [5, 5.41) is 2.86. The summed E-state index contributed by atoms with van der Waals surface area (Å²) < 4.78 is 40.4. The van der Waals surface area contributed by atoms with Crippen molar-refractivity contribution in [1.82, 2.24) is 10.0 Å². The van der Waals surface area contributed by atoms with Gasteiger partial charge >= 0.3 is 0 Å². The molecule has 4 aromatic carbocycles. The summed E-state index contributed by atoms with van der Waals surface area (Å²) in [5.41, 5.74) is 2.31. The van der Waals surface area contributed by atoms with Crippen LogP contribution in [0.5, 0.6) is 11.5 Å². The molecular weight excluding hydrogens is 542 g/mol. The third-order valence-electron chi connectivity index (χ3n) is 6.63. The zero-order chi connectivity index (χ0) is 28.8. The van der Waals surface area contributed by atoms with Crippen LogP contribution in [0.2, 0.25) is 0 Å². The highest BCUT2D eigenvalue weighted by Gasteiger charge is 2.35. The van der Waals surface area contributed by atoms with Crippen molar-refractivity contribution < 1.29 is 27.5 Å². The first kappa shape index (κ1) is 27.9. The second-order valence-electron chi connectivity index (χ2n) is 9.37. The smallest absolute Gasteiger partial charge is 0.263 e. The van der Waals surface area contributed by atoms with Crippen LogP contribution in [0, 0.1) is 0 Å². The molecule has 0 aromatic heterocycles. The Morgan fingerprint density at radius 2 is 1.51 bits per heavy atom. The molecule has 0 bridgehead atoms. The van der Waals surface area contributed by atoms with Crippen molar-refractivity contribution in [3.63, 3.8) is 0 Å². The standard InChI is InChI=1S/C31H29N3O6S/c1-39-27-17-16-24(18-29(27)41(37,38)33-20-23-12-6-3-7-13-23)31(36)34-21-28(40-26-15-9-8-14-25(26)34)30(35)32-19-22-10-4-2-5-11-22/h2-18,28,33H,19-21H2,1H3,(H,32,35)/t28-/m0/s1. The number of hydrogen-bond acceptors (Lipinski definition) is 6. The van der Waals surface area contributed by atoms with E-state index in [1.165, 1.54) is 30.2 Å². The Bertz CT molecular complexity index is 1650. The second-order valence-corrected chi connectivity index (χ2v) is 11.1. The number of methoxy groups -OCH3 is 1. The van der Waals surface area contributed by atoms with Crippen LogP contribution in [-0.2, 0) is 27.9 Å². The highest BCUT2D eigenvalue weighted by Crippen LogP contribution is 2.35. The molecule has 0 radical (unpaired) electrons. The van der Waals surface area contributed by atoms with Crippen molar-refractivity contribution in [2.75, 3.05) is 18.6 Å². The molecule has 1 aliphatic rings. The third kappa shape index (κ3) is 6.40. The molecule has 1 aliphatic heterocycles. The molecule has 9 nitrogen and oxygen atoms in total. The summed E-state index contributed by atoms with van der Waals surface area (Å²) in [6.07, 6.45) is -0.966. The van der Waals surface area contributed by atoms with Crippen LogP contribution in [0.25, 0.3) is 0 Å². The number of anilines is 1. The van der Waals surface area contributed by atoms with Gasteiger partial charge in [-0.15, -0.1) is 0 Å². The molecule has 0 saturated heterocycles. The summed E-state index contributed by atoms with van der Waals surface area (Å²) in [6.45, 7) is 0.322. The van der Waals surface area contributed by atoms with Gasteiger partial charge < -0.3 is 19.7 Å². The van der Waals surface area contributed by atoms with Crippen molar-refractivity contribution in [2.45, 2.75) is 24.1 Å². The number of carbonyl (C=O) groups excluding carboxylic acids is 2. The van der Waals surface area contributed by atoms with E-state index in [0.29, 0.717) is 18.0 Å². The fraction of sp³-hybridized carbons (Fsp3) is 0.161. The van der Waals surface area contributed by atoms with E-state index >= 15 is 0 Å². The molecule has 2 N–H and O–H groups in total. The van der Waals surface area contributed by atoms with Gasteiger partial charge in [0, 0.05) is 18.7 Å². The Hall–Kier alpha value is -4.67. The Labute approximate surface area is 238 Å². The Morgan fingerprint density at radius 1 is 0.878 bits per heavy atom. The van der Waals surface area contributed by atoms with Crippen LogP contribution in [0.15, 0.2) is 108 Å². The number of carbonyl (C=O) groups is 2.